The molecule has 2 amide bonds. The molecule has 3 heterocycles. The van der Waals surface area contributed by atoms with E-state index >= 15 is 0 Å². The Morgan fingerprint density at radius 3 is 2.05 bits per heavy atom. The van der Waals surface area contributed by atoms with Crippen molar-refractivity contribution < 1.29 is 9.59 Å². The molecule has 3 aromatic rings. The molecule has 3 nitrogen and oxygen atoms in total. The zero-order chi connectivity index (χ0) is 14.4. The van der Waals surface area contributed by atoms with Gasteiger partial charge in [-0.2, -0.15) is 0 Å². The maximum atomic E-state index is 12.2. The fourth-order valence-electron chi connectivity index (χ4n) is 2.57. The van der Waals surface area contributed by atoms with Crippen LogP contribution in [0.1, 0.15) is 20.7 Å². The SMILES string of the molecule is O=C1NC(=O)c2c1ccc(-c1cccs1)c2-c1cccs1. The Labute approximate surface area is 128 Å². The average Bonchev–Trinajstić information content (AvgIpc) is 3.21. The largest absolute Gasteiger partial charge is 0.288 e. The second-order valence-electron chi connectivity index (χ2n) is 4.65. The van der Waals surface area contributed by atoms with E-state index in [1.807, 2.05) is 41.1 Å². The van der Waals surface area contributed by atoms with Gasteiger partial charge < -0.3 is 0 Å². The van der Waals surface area contributed by atoms with Gasteiger partial charge in [0.2, 0.25) is 0 Å². The number of carbonyl (C=O) groups excluding carboxylic acids is 2. The third-order valence-electron chi connectivity index (χ3n) is 3.46. The van der Waals surface area contributed by atoms with Crippen molar-refractivity contribution in [1.29, 1.82) is 0 Å². The average molecular weight is 311 g/mol. The number of fused-ring (bicyclic) bond motifs is 1. The van der Waals surface area contributed by atoms with Gasteiger partial charge in [0.15, 0.2) is 0 Å². The molecule has 0 aliphatic carbocycles. The minimum atomic E-state index is -0.314. The first kappa shape index (κ1) is 12.5. The monoisotopic (exact) mass is 311 g/mol. The number of hydrogen-bond acceptors (Lipinski definition) is 4. The van der Waals surface area contributed by atoms with Gasteiger partial charge in [0.25, 0.3) is 11.8 Å². The van der Waals surface area contributed by atoms with E-state index in [0.717, 1.165) is 20.9 Å². The van der Waals surface area contributed by atoms with Crippen LogP contribution in [0.2, 0.25) is 0 Å². The summed E-state index contributed by atoms with van der Waals surface area (Å²) < 4.78 is 0. The van der Waals surface area contributed by atoms with Crippen molar-refractivity contribution in [2.24, 2.45) is 0 Å². The molecule has 0 unspecified atom stereocenters. The van der Waals surface area contributed by atoms with Crippen molar-refractivity contribution in [1.82, 2.24) is 5.32 Å². The summed E-state index contributed by atoms with van der Waals surface area (Å²) in [5.41, 5.74) is 2.81. The molecule has 0 spiro atoms. The smallest absolute Gasteiger partial charge is 0.259 e. The number of imide groups is 1. The molecule has 1 N–H and O–H groups in total. The van der Waals surface area contributed by atoms with Crippen molar-refractivity contribution in [3.63, 3.8) is 0 Å². The van der Waals surface area contributed by atoms with Gasteiger partial charge in [-0.1, -0.05) is 18.2 Å². The Kier molecular flexibility index (Phi) is 2.77. The standard InChI is InChI=1S/C16H9NO2S2/c18-15-10-6-5-9(11-3-1-7-20-11)13(12-4-2-8-21-12)14(10)16(19)17-15/h1-8H,(H,17,18,19). The summed E-state index contributed by atoms with van der Waals surface area (Å²) in [5, 5.41) is 6.37. The van der Waals surface area contributed by atoms with Crippen LogP contribution in [0.4, 0.5) is 0 Å². The van der Waals surface area contributed by atoms with Crippen LogP contribution in [0.25, 0.3) is 20.9 Å². The lowest BCUT2D eigenvalue weighted by Gasteiger charge is -2.10. The molecule has 1 aromatic carbocycles. The fraction of sp³-hybridized carbons (Fsp3) is 0. The van der Waals surface area contributed by atoms with E-state index in [1.165, 1.54) is 0 Å². The van der Waals surface area contributed by atoms with Crippen molar-refractivity contribution >= 4 is 34.5 Å². The number of amides is 2. The molecule has 0 fully saturated rings. The van der Waals surface area contributed by atoms with Gasteiger partial charge in [0.1, 0.15) is 0 Å². The first-order chi connectivity index (χ1) is 10.3. The number of benzene rings is 1. The van der Waals surface area contributed by atoms with Crippen LogP contribution in [0.5, 0.6) is 0 Å². The van der Waals surface area contributed by atoms with Crippen LogP contribution < -0.4 is 5.32 Å². The highest BCUT2D eigenvalue weighted by atomic mass is 32.1. The lowest BCUT2D eigenvalue weighted by atomic mass is 9.95. The predicted molar refractivity (Wildman–Crippen MR) is 84.9 cm³/mol. The number of hydrogen-bond donors (Lipinski definition) is 1. The molecule has 1 aliphatic rings. The Balaban J connectivity index is 2.09. The molecule has 5 heteroatoms. The first-order valence-corrected chi connectivity index (χ1v) is 8.12. The molecule has 0 saturated carbocycles. The van der Waals surface area contributed by atoms with Crippen molar-refractivity contribution in [2.45, 2.75) is 0 Å². The molecule has 0 bridgehead atoms. The maximum Gasteiger partial charge on any atom is 0.259 e. The first-order valence-electron chi connectivity index (χ1n) is 6.36. The molecule has 0 saturated heterocycles. The van der Waals surface area contributed by atoms with Crippen molar-refractivity contribution in [2.75, 3.05) is 0 Å². The number of carbonyl (C=O) groups is 2. The van der Waals surface area contributed by atoms with Crippen molar-refractivity contribution in [3.05, 3.63) is 58.3 Å². The highest BCUT2D eigenvalue weighted by Gasteiger charge is 2.32. The lowest BCUT2D eigenvalue weighted by molar-refractivity contribution is 0.0880. The Morgan fingerprint density at radius 1 is 0.714 bits per heavy atom. The lowest BCUT2D eigenvalue weighted by Crippen LogP contribution is -2.20. The van der Waals surface area contributed by atoms with Gasteiger partial charge in [-0.3, -0.25) is 14.9 Å². The van der Waals surface area contributed by atoms with Gasteiger partial charge in [-0.05, 0) is 29.0 Å². The summed E-state index contributed by atoms with van der Waals surface area (Å²) in [6.07, 6.45) is 0. The van der Waals surface area contributed by atoms with Gasteiger partial charge in [-0.15, -0.1) is 22.7 Å². The quantitative estimate of drug-likeness (QED) is 0.726. The summed E-state index contributed by atoms with van der Waals surface area (Å²) >= 11 is 3.19. The minimum Gasteiger partial charge on any atom is -0.288 e. The predicted octanol–water partition coefficient (Wildman–Crippen LogP) is 4.03. The second kappa shape index (κ2) is 4.65. The maximum absolute atomic E-state index is 12.2. The van der Waals surface area contributed by atoms with E-state index in [1.54, 1.807) is 28.7 Å². The molecular formula is C16H9NO2S2. The van der Waals surface area contributed by atoms with E-state index < -0.39 is 0 Å². The van der Waals surface area contributed by atoms with Gasteiger partial charge in [0.05, 0.1) is 11.1 Å². The van der Waals surface area contributed by atoms with Crippen molar-refractivity contribution in [3.8, 4) is 20.9 Å². The zero-order valence-electron chi connectivity index (χ0n) is 10.8. The highest BCUT2D eigenvalue weighted by molar-refractivity contribution is 7.14. The molecule has 1 aliphatic heterocycles. The number of thiophene rings is 2. The Hall–Kier alpha value is -2.24. The number of nitrogens with one attached hydrogen (secondary N) is 1. The minimum absolute atomic E-state index is 0.309. The van der Waals surface area contributed by atoms with Gasteiger partial charge >= 0.3 is 0 Å². The third kappa shape index (κ3) is 1.86. The fourth-order valence-corrected chi connectivity index (χ4v) is 4.12. The zero-order valence-corrected chi connectivity index (χ0v) is 12.4. The van der Waals surface area contributed by atoms with Crippen LogP contribution in [0.15, 0.2) is 47.2 Å². The van der Waals surface area contributed by atoms with Gasteiger partial charge in [-0.25, -0.2) is 0 Å². The number of rotatable bonds is 2. The molecule has 102 valence electrons. The molecule has 0 atom stereocenters. The van der Waals surface area contributed by atoms with E-state index in [9.17, 15) is 9.59 Å². The second-order valence-corrected chi connectivity index (χ2v) is 6.54. The third-order valence-corrected chi connectivity index (χ3v) is 5.25. The molecule has 2 aromatic heterocycles. The summed E-state index contributed by atoms with van der Waals surface area (Å²) in [6.45, 7) is 0. The van der Waals surface area contributed by atoms with E-state index in [-0.39, 0.29) is 11.8 Å². The van der Waals surface area contributed by atoms with E-state index in [4.69, 9.17) is 0 Å². The topological polar surface area (TPSA) is 46.2 Å². The Bertz CT molecular complexity index is 849. The highest BCUT2D eigenvalue weighted by Crippen LogP contribution is 2.41. The van der Waals surface area contributed by atoms with Crippen LogP contribution in [0, 0.1) is 0 Å². The van der Waals surface area contributed by atoms with E-state index in [2.05, 4.69) is 5.32 Å². The Morgan fingerprint density at radius 2 is 1.38 bits per heavy atom. The summed E-state index contributed by atoms with van der Waals surface area (Å²) in [6, 6.07) is 11.6. The summed E-state index contributed by atoms with van der Waals surface area (Å²) in [7, 11) is 0. The van der Waals surface area contributed by atoms with Gasteiger partial charge in [0, 0.05) is 20.9 Å². The van der Waals surface area contributed by atoms with Crippen LogP contribution >= 0.6 is 22.7 Å². The normalized spacial score (nSPS) is 13.3. The summed E-state index contributed by atoms with van der Waals surface area (Å²) in [4.78, 5) is 26.2. The van der Waals surface area contributed by atoms with Crippen LogP contribution in [0.3, 0.4) is 0 Å². The summed E-state index contributed by atoms with van der Waals surface area (Å²) in [5.74, 6) is -0.623. The molecule has 4 rings (SSSR count). The van der Waals surface area contributed by atoms with E-state index in [0.29, 0.717) is 11.1 Å². The molecule has 21 heavy (non-hydrogen) atoms. The molecule has 0 radical (unpaired) electrons. The molecular weight excluding hydrogens is 302 g/mol. The van der Waals surface area contributed by atoms with Crippen LogP contribution in [-0.4, -0.2) is 11.8 Å². The van der Waals surface area contributed by atoms with Crippen LogP contribution in [-0.2, 0) is 0 Å².